The molecule has 2 aromatic heterocycles. The zero-order chi connectivity index (χ0) is 18.1. The van der Waals surface area contributed by atoms with Crippen molar-refractivity contribution in [3.05, 3.63) is 27.1 Å². The molecular formula is C19H27ClN4O2S. The number of halogens is 1. The van der Waals surface area contributed by atoms with Gasteiger partial charge < -0.3 is 10.6 Å². The summed E-state index contributed by atoms with van der Waals surface area (Å²) in [6, 6.07) is 0.227. The van der Waals surface area contributed by atoms with E-state index >= 15 is 0 Å². The van der Waals surface area contributed by atoms with Crippen LogP contribution in [-0.2, 0) is 24.2 Å². The van der Waals surface area contributed by atoms with Crippen molar-refractivity contribution < 1.29 is 4.79 Å². The number of piperidine rings is 1. The van der Waals surface area contributed by atoms with Crippen LogP contribution in [0, 0.1) is 5.92 Å². The van der Waals surface area contributed by atoms with Gasteiger partial charge in [0.2, 0.25) is 5.91 Å². The molecule has 1 fully saturated rings. The number of thiophene rings is 1. The molecule has 27 heavy (non-hydrogen) atoms. The first kappa shape index (κ1) is 20.3. The highest BCUT2D eigenvalue weighted by Gasteiger charge is 2.23. The van der Waals surface area contributed by atoms with E-state index in [0.29, 0.717) is 18.9 Å². The standard InChI is InChI=1S/C19H26N4O2S.ClH/c1-12-10-20-8-6-14(12)22-16(24)7-9-23-11-21-18-17(19(23)25)13-4-2-3-5-15(13)26-18;/h11-12,14,20H,2-10H2,1H3,(H,22,24);1H. The number of nitrogens with one attached hydrogen (secondary N) is 2. The van der Waals surface area contributed by atoms with Crippen LogP contribution in [0.1, 0.15) is 43.0 Å². The lowest BCUT2D eigenvalue weighted by Crippen LogP contribution is -2.48. The van der Waals surface area contributed by atoms with Crippen molar-refractivity contribution in [1.82, 2.24) is 20.2 Å². The smallest absolute Gasteiger partial charge is 0.262 e. The van der Waals surface area contributed by atoms with Crippen LogP contribution in [0.2, 0.25) is 0 Å². The lowest BCUT2D eigenvalue weighted by atomic mass is 9.95. The highest BCUT2D eigenvalue weighted by Crippen LogP contribution is 2.33. The van der Waals surface area contributed by atoms with Crippen LogP contribution < -0.4 is 16.2 Å². The normalized spacial score (nSPS) is 22.1. The van der Waals surface area contributed by atoms with Gasteiger partial charge in [0.25, 0.3) is 5.56 Å². The van der Waals surface area contributed by atoms with E-state index in [2.05, 4.69) is 22.5 Å². The van der Waals surface area contributed by atoms with Crippen molar-refractivity contribution >= 4 is 39.9 Å². The molecule has 0 bridgehead atoms. The Kier molecular flexibility index (Phi) is 6.55. The number of nitrogens with zero attached hydrogens (tertiary/aromatic N) is 2. The number of carbonyl (C=O) groups is 1. The Morgan fingerprint density at radius 2 is 2.22 bits per heavy atom. The number of fused-ring (bicyclic) bond motifs is 3. The fourth-order valence-electron chi connectivity index (χ4n) is 4.07. The molecule has 0 saturated carbocycles. The summed E-state index contributed by atoms with van der Waals surface area (Å²) in [5.41, 5.74) is 1.22. The van der Waals surface area contributed by atoms with Gasteiger partial charge in [-0.15, -0.1) is 23.7 Å². The molecule has 2 atom stereocenters. The Labute approximate surface area is 169 Å². The van der Waals surface area contributed by atoms with Gasteiger partial charge in [0.05, 0.1) is 11.7 Å². The molecule has 1 aliphatic carbocycles. The maximum Gasteiger partial charge on any atom is 0.262 e. The molecule has 2 aromatic rings. The van der Waals surface area contributed by atoms with Crippen LogP contribution in [0.4, 0.5) is 0 Å². The minimum Gasteiger partial charge on any atom is -0.353 e. The molecule has 0 aromatic carbocycles. The van der Waals surface area contributed by atoms with Crippen LogP contribution in [0.5, 0.6) is 0 Å². The molecule has 2 N–H and O–H groups in total. The maximum absolute atomic E-state index is 12.9. The fraction of sp³-hybridized carbons (Fsp3) is 0.632. The third-order valence-electron chi connectivity index (χ3n) is 5.65. The first-order chi connectivity index (χ1) is 12.6. The zero-order valence-electron chi connectivity index (χ0n) is 15.6. The minimum absolute atomic E-state index is 0. The van der Waals surface area contributed by atoms with Gasteiger partial charge in [-0.2, -0.15) is 0 Å². The Balaban J connectivity index is 0.00000210. The van der Waals surface area contributed by atoms with Gasteiger partial charge in [0.15, 0.2) is 0 Å². The van der Waals surface area contributed by atoms with Gasteiger partial charge in [-0.05, 0) is 56.7 Å². The monoisotopic (exact) mass is 410 g/mol. The van der Waals surface area contributed by atoms with Crippen molar-refractivity contribution in [3.63, 3.8) is 0 Å². The van der Waals surface area contributed by atoms with Crippen LogP contribution in [0.25, 0.3) is 10.2 Å². The third kappa shape index (κ3) is 4.20. The summed E-state index contributed by atoms with van der Waals surface area (Å²) in [5.74, 6) is 0.453. The highest BCUT2D eigenvalue weighted by atomic mass is 35.5. The average Bonchev–Trinajstić information content (AvgIpc) is 3.02. The number of carbonyl (C=O) groups excluding carboxylic acids is 1. The van der Waals surface area contributed by atoms with E-state index in [-0.39, 0.29) is 29.9 Å². The van der Waals surface area contributed by atoms with Gasteiger partial charge in [-0.1, -0.05) is 6.92 Å². The van der Waals surface area contributed by atoms with Gasteiger partial charge in [-0.3, -0.25) is 14.2 Å². The largest absolute Gasteiger partial charge is 0.353 e. The van der Waals surface area contributed by atoms with E-state index in [1.54, 1.807) is 22.2 Å². The summed E-state index contributed by atoms with van der Waals surface area (Å²) in [4.78, 5) is 31.9. The Hall–Kier alpha value is -1.44. The first-order valence-electron chi connectivity index (χ1n) is 9.63. The van der Waals surface area contributed by atoms with E-state index < -0.39 is 0 Å². The Morgan fingerprint density at radius 1 is 1.41 bits per heavy atom. The SMILES string of the molecule is CC1CNCCC1NC(=O)CCn1cnc2sc3c(c2c1=O)CCCC3.Cl. The number of aromatic nitrogens is 2. The lowest BCUT2D eigenvalue weighted by molar-refractivity contribution is -0.122. The lowest BCUT2D eigenvalue weighted by Gasteiger charge is -2.30. The second-order valence-corrected chi connectivity index (χ2v) is 8.61. The fourth-order valence-corrected chi connectivity index (χ4v) is 5.29. The van der Waals surface area contributed by atoms with E-state index in [9.17, 15) is 9.59 Å². The molecule has 4 rings (SSSR count). The molecule has 6 nitrogen and oxygen atoms in total. The number of rotatable bonds is 4. The van der Waals surface area contributed by atoms with Gasteiger partial charge in [0, 0.05) is 23.9 Å². The Bertz CT molecular complexity index is 878. The second kappa shape index (κ2) is 8.71. The van der Waals surface area contributed by atoms with Crippen molar-refractivity contribution in [1.29, 1.82) is 0 Å². The molecule has 1 saturated heterocycles. The molecule has 3 heterocycles. The van der Waals surface area contributed by atoms with Crippen molar-refractivity contribution in [2.75, 3.05) is 13.1 Å². The summed E-state index contributed by atoms with van der Waals surface area (Å²) < 4.78 is 1.61. The zero-order valence-corrected chi connectivity index (χ0v) is 17.3. The topological polar surface area (TPSA) is 76.0 Å². The molecule has 0 spiro atoms. The van der Waals surface area contributed by atoms with E-state index in [1.165, 1.54) is 16.9 Å². The average molecular weight is 411 g/mol. The molecule has 2 unspecified atom stereocenters. The maximum atomic E-state index is 12.9. The number of hydrogen-bond donors (Lipinski definition) is 2. The first-order valence-corrected chi connectivity index (χ1v) is 10.4. The number of aryl methyl sites for hydroxylation is 3. The van der Waals surface area contributed by atoms with Gasteiger partial charge in [-0.25, -0.2) is 4.98 Å². The van der Waals surface area contributed by atoms with Crippen LogP contribution in [0.3, 0.4) is 0 Å². The third-order valence-corrected chi connectivity index (χ3v) is 6.85. The van der Waals surface area contributed by atoms with Crippen LogP contribution >= 0.6 is 23.7 Å². The second-order valence-electron chi connectivity index (χ2n) is 7.53. The molecule has 148 valence electrons. The van der Waals surface area contributed by atoms with Gasteiger partial charge in [0.1, 0.15) is 4.83 Å². The minimum atomic E-state index is 0. The van der Waals surface area contributed by atoms with Crippen molar-refractivity contribution in [2.24, 2.45) is 5.92 Å². The summed E-state index contributed by atoms with van der Waals surface area (Å²) in [6.07, 6.45) is 7.26. The predicted molar refractivity (Wildman–Crippen MR) is 111 cm³/mol. The van der Waals surface area contributed by atoms with Gasteiger partial charge >= 0.3 is 0 Å². The molecule has 8 heteroatoms. The van der Waals surface area contributed by atoms with E-state index in [4.69, 9.17) is 0 Å². The van der Waals surface area contributed by atoms with E-state index in [0.717, 1.165) is 49.0 Å². The number of hydrogen-bond acceptors (Lipinski definition) is 5. The highest BCUT2D eigenvalue weighted by molar-refractivity contribution is 7.18. The van der Waals surface area contributed by atoms with Crippen molar-refractivity contribution in [3.8, 4) is 0 Å². The number of amides is 1. The molecular weight excluding hydrogens is 384 g/mol. The molecule has 1 amide bonds. The summed E-state index contributed by atoms with van der Waals surface area (Å²) in [7, 11) is 0. The van der Waals surface area contributed by atoms with Crippen molar-refractivity contribution in [2.45, 2.75) is 58.0 Å². The predicted octanol–water partition coefficient (Wildman–Crippen LogP) is 2.26. The summed E-state index contributed by atoms with van der Waals surface area (Å²) in [5, 5.41) is 7.26. The molecule has 2 aliphatic rings. The molecule has 0 radical (unpaired) electrons. The molecule has 1 aliphatic heterocycles. The van der Waals surface area contributed by atoms with Crippen LogP contribution in [-0.4, -0.2) is 34.6 Å². The Morgan fingerprint density at radius 3 is 3.04 bits per heavy atom. The summed E-state index contributed by atoms with van der Waals surface area (Å²) in [6.45, 7) is 4.42. The van der Waals surface area contributed by atoms with Crippen LogP contribution in [0.15, 0.2) is 11.1 Å². The summed E-state index contributed by atoms with van der Waals surface area (Å²) >= 11 is 1.66. The quantitative estimate of drug-likeness (QED) is 0.810. The van der Waals surface area contributed by atoms with E-state index in [1.807, 2.05) is 0 Å².